The average Bonchev–Trinajstić information content (AvgIpc) is 3.57. The minimum absolute atomic E-state index is 0.0219. The van der Waals surface area contributed by atoms with Gasteiger partial charge in [0.15, 0.2) is 5.71 Å². The van der Waals surface area contributed by atoms with Gasteiger partial charge < -0.3 is 4.74 Å². The van der Waals surface area contributed by atoms with E-state index in [1.54, 1.807) is 22.7 Å². The fourth-order valence-corrected chi connectivity index (χ4v) is 5.61. The zero-order chi connectivity index (χ0) is 25.9. The quantitative estimate of drug-likeness (QED) is 0.472. The average molecular weight is 542 g/mol. The van der Waals surface area contributed by atoms with Gasteiger partial charge in [0.2, 0.25) is 5.69 Å². The van der Waals surface area contributed by atoms with E-state index in [0.717, 1.165) is 26.8 Å². The smallest absolute Gasteiger partial charge is 0.209 e. The summed E-state index contributed by atoms with van der Waals surface area (Å²) in [5.74, 6) is 1.80. The van der Waals surface area contributed by atoms with Gasteiger partial charge in [-0.1, -0.05) is 42.5 Å². The lowest BCUT2D eigenvalue weighted by molar-refractivity contribution is -2.00. The van der Waals surface area contributed by atoms with Crippen LogP contribution in [0.4, 0.5) is 5.69 Å². The molecule has 0 saturated carbocycles. The molecule has 2 aromatic heterocycles. The molecule has 0 saturated heterocycles. The number of hydrogen-bond donors (Lipinski definition) is 0. The molecule has 4 heterocycles. The molecule has 3 aromatic rings. The van der Waals surface area contributed by atoms with Crippen molar-refractivity contribution in [1.82, 2.24) is 0 Å². The molecular weight excluding hydrogens is 518 g/mol. The Morgan fingerprint density at radius 3 is 1.92 bits per heavy atom. The van der Waals surface area contributed by atoms with Gasteiger partial charge in [-0.05, 0) is 54.5 Å². The molecule has 36 heavy (non-hydrogen) atoms. The van der Waals surface area contributed by atoms with Gasteiger partial charge in [0.05, 0.1) is 15.2 Å². The number of thiophene rings is 2. The normalized spacial score (nSPS) is 16.7. The Morgan fingerprint density at radius 2 is 1.42 bits per heavy atom. The number of rotatable bonds is 4. The Balaban J connectivity index is 0.000000556. The van der Waals surface area contributed by atoms with Crippen LogP contribution in [-0.2, 0) is 10.2 Å². The van der Waals surface area contributed by atoms with Crippen molar-refractivity contribution >= 4 is 45.6 Å². The highest BCUT2D eigenvalue weighted by Crippen LogP contribution is 2.39. The standard InChI is InChI=1S/C27H24NOS2.ClHO4/c1-27(2)20-10-4-5-11-21(20)28(3)26(27)14-6-9-19-17-22(24-12-7-15-30-24)29-23(18-19)25-13-8-16-31-25;2-1(3,4)5/h4-18H,1-3H3;(H,2,3,4,5)/q+1;/p-1/b14-6+;. The Labute approximate surface area is 220 Å². The second kappa shape index (κ2) is 10.7. The van der Waals surface area contributed by atoms with Crippen molar-refractivity contribution < 1.29 is 38.2 Å². The van der Waals surface area contributed by atoms with Crippen LogP contribution in [0.25, 0.3) is 11.5 Å². The Bertz CT molecular complexity index is 1320. The first-order chi connectivity index (χ1) is 17.0. The predicted octanol–water partition coefficient (Wildman–Crippen LogP) is 2.65. The first-order valence-corrected chi connectivity index (χ1v) is 13.9. The molecule has 0 unspecified atom stereocenters. The molecule has 2 aliphatic rings. The minimum Gasteiger partial charge on any atom is -0.454 e. The maximum atomic E-state index is 8.49. The zero-order valence-corrected chi connectivity index (χ0v) is 22.2. The van der Waals surface area contributed by atoms with Crippen molar-refractivity contribution in [2.45, 2.75) is 19.3 Å². The number of hydrogen-bond acceptors (Lipinski definition) is 7. The molecular formula is C27H24ClNO5S2. The summed E-state index contributed by atoms with van der Waals surface area (Å²) >= 11 is 3.39. The van der Waals surface area contributed by atoms with Gasteiger partial charge in [0.1, 0.15) is 18.6 Å². The van der Waals surface area contributed by atoms with E-state index >= 15 is 0 Å². The van der Waals surface area contributed by atoms with Gasteiger partial charge in [-0.3, -0.25) is 0 Å². The highest BCUT2D eigenvalue weighted by atomic mass is 35.7. The molecule has 6 nitrogen and oxygen atoms in total. The summed E-state index contributed by atoms with van der Waals surface area (Å²) in [6.45, 7) is 4.58. The Kier molecular flexibility index (Phi) is 7.77. The van der Waals surface area contributed by atoms with Crippen LogP contribution in [0.2, 0.25) is 0 Å². The summed E-state index contributed by atoms with van der Waals surface area (Å²) in [5.41, 5.74) is 5.06. The molecule has 0 atom stereocenters. The molecule has 0 fully saturated rings. The fourth-order valence-electron chi connectivity index (χ4n) is 4.25. The van der Waals surface area contributed by atoms with Gasteiger partial charge in [0.25, 0.3) is 0 Å². The molecule has 1 aromatic carbocycles. The van der Waals surface area contributed by atoms with Crippen LogP contribution < -0.4 is 18.6 Å². The van der Waals surface area contributed by atoms with E-state index in [2.05, 4.69) is 115 Å². The number of fused-ring (bicyclic) bond motifs is 1. The second-order valence-corrected chi connectivity index (χ2v) is 11.2. The predicted molar refractivity (Wildman–Crippen MR) is 133 cm³/mol. The van der Waals surface area contributed by atoms with Crippen LogP contribution in [0.1, 0.15) is 29.2 Å². The van der Waals surface area contributed by atoms with E-state index in [9.17, 15) is 0 Å². The van der Waals surface area contributed by atoms with Crippen LogP contribution in [0.3, 0.4) is 0 Å². The minimum atomic E-state index is -4.94. The van der Waals surface area contributed by atoms with Crippen LogP contribution in [0, 0.1) is 10.2 Å². The summed E-state index contributed by atoms with van der Waals surface area (Å²) in [6.07, 6.45) is 10.8. The summed E-state index contributed by atoms with van der Waals surface area (Å²) in [5, 5.41) is 4.16. The summed E-state index contributed by atoms with van der Waals surface area (Å²) in [6, 6.07) is 17.0. The molecule has 0 bridgehead atoms. The summed E-state index contributed by atoms with van der Waals surface area (Å²) < 4.78 is 42.5. The molecule has 9 heteroatoms. The molecule has 0 radical (unpaired) electrons. The van der Waals surface area contributed by atoms with E-state index in [4.69, 9.17) is 23.4 Å². The number of ether oxygens (including phenoxy) is 1. The number of allylic oxidation sites excluding steroid dienone is 6. The van der Waals surface area contributed by atoms with Crippen LogP contribution in [0.5, 0.6) is 0 Å². The lowest BCUT2D eigenvalue weighted by Gasteiger charge is -2.17. The highest BCUT2D eigenvalue weighted by Gasteiger charge is 2.42. The third-order valence-electron chi connectivity index (χ3n) is 5.83. The lowest BCUT2D eigenvalue weighted by Crippen LogP contribution is -2.68. The maximum Gasteiger partial charge on any atom is 0.209 e. The van der Waals surface area contributed by atoms with Crippen LogP contribution >= 0.6 is 22.7 Å². The largest absolute Gasteiger partial charge is 0.454 e. The van der Waals surface area contributed by atoms with Gasteiger partial charge in [0, 0.05) is 17.7 Å². The Morgan fingerprint density at radius 1 is 0.861 bits per heavy atom. The van der Waals surface area contributed by atoms with Crippen molar-refractivity contribution in [3.63, 3.8) is 0 Å². The van der Waals surface area contributed by atoms with Crippen LogP contribution in [-0.4, -0.2) is 17.3 Å². The lowest BCUT2D eigenvalue weighted by atomic mass is 9.81. The van der Waals surface area contributed by atoms with Gasteiger partial charge in [-0.15, -0.1) is 32.9 Å². The number of halogens is 1. The van der Waals surface area contributed by atoms with Crippen molar-refractivity contribution in [2.24, 2.45) is 0 Å². The second-order valence-electron chi connectivity index (χ2n) is 8.56. The highest BCUT2D eigenvalue weighted by molar-refractivity contribution is 7.11. The number of para-hydroxylation sites is 1. The topological polar surface area (TPSA) is 104 Å². The van der Waals surface area contributed by atoms with E-state index in [1.165, 1.54) is 17.0 Å². The van der Waals surface area contributed by atoms with Crippen molar-refractivity contribution in [2.75, 3.05) is 7.05 Å². The van der Waals surface area contributed by atoms with E-state index in [0.29, 0.717) is 0 Å². The maximum absolute atomic E-state index is 8.49. The van der Waals surface area contributed by atoms with Gasteiger partial charge >= 0.3 is 0 Å². The van der Waals surface area contributed by atoms with E-state index in [-0.39, 0.29) is 5.41 Å². The number of benzene rings is 1. The fraction of sp³-hybridized carbons (Fsp3) is 0.148. The molecule has 0 aliphatic carbocycles. The van der Waals surface area contributed by atoms with Crippen molar-refractivity contribution in [1.29, 1.82) is 0 Å². The number of nitrogens with zero attached hydrogens (tertiary/aromatic N) is 1. The molecule has 2 aliphatic heterocycles. The molecule has 5 rings (SSSR count). The molecule has 186 valence electrons. The van der Waals surface area contributed by atoms with Gasteiger partial charge in [-0.25, -0.2) is 18.6 Å². The van der Waals surface area contributed by atoms with E-state index < -0.39 is 10.2 Å². The summed E-state index contributed by atoms with van der Waals surface area (Å²) in [4.78, 5) is 2.28. The monoisotopic (exact) mass is 541 g/mol. The molecule has 0 N–H and O–H groups in total. The van der Waals surface area contributed by atoms with Gasteiger partial charge in [-0.2, -0.15) is 4.58 Å². The zero-order valence-electron chi connectivity index (χ0n) is 19.8. The first-order valence-electron chi connectivity index (χ1n) is 10.9. The van der Waals surface area contributed by atoms with Crippen molar-refractivity contribution in [3.8, 4) is 0 Å². The van der Waals surface area contributed by atoms with Crippen LogP contribution in [0.15, 0.2) is 95.2 Å². The molecule has 0 spiro atoms. The summed E-state index contributed by atoms with van der Waals surface area (Å²) in [7, 11) is -2.79. The first kappa shape index (κ1) is 26.2. The third-order valence-corrected chi connectivity index (χ3v) is 7.60. The third kappa shape index (κ3) is 6.11. The Hall–Kier alpha value is -2.82. The SMILES string of the molecule is C[N+]1=C(/C=C/C=C2C=C(c3cccs3)OC(c3cccs3)=C2)C(C)(C)c2ccccc21.[O-][Cl+3]([O-])([O-])[O-]. The van der Waals surface area contributed by atoms with Crippen molar-refractivity contribution in [3.05, 3.63) is 111 Å². The molecule has 0 amide bonds. The van der Waals surface area contributed by atoms with E-state index in [1.807, 2.05) is 0 Å².